The van der Waals surface area contributed by atoms with Crippen LogP contribution in [0.25, 0.3) is 5.76 Å². The molecule has 6 N–H and O–H groups in total. The maximum Gasteiger partial charge on any atom is 0.269 e. The Balaban J connectivity index is 1.63. The predicted molar refractivity (Wildman–Crippen MR) is 152 cm³/mol. The second-order valence-corrected chi connectivity index (χ2v) is 12.3. The van der Waals surface area contributed by atoms with Gasteiger partial charge in [-0.05, 0) is 62.9 Å². The third kappa shape index (κ3) is 4.61. The highest BCUT2D eigenvalue weighted by atomic mass is 19.3. The second kappa shape index (κ2) is 10.7. The molecule has 0 aromatic heterocycles. The number of primary amides is 1. The minimum absolute atomic E-state index is 0.00406. The van der Waals surface area contributed by atoms with Gasteiger partial charge in [0.1, 0.15) is 22.8 Å². The van der Waals surface area contributed by atoms with Gasteiger partial charge >= 0.3 is 0 Å². The van der Waals surface area contributed by atoms with Crippen LogP contribution in [0.5, 0.6) is 5.75 Å². The first-order valence-electron chi connectivity index (χ1n) is 14.1. The summed E-state index contributed by atoms with van der Waals surface area (Å²) >= 11 is 0. The summed E-state index contributed by atoms with van der Waals surface area (Å²) in [7, 11) is 6.67. The number of phenolic OH excluding ortho intramolecular Hbond substituents is 1. The van der Waals surface area contributed by atoms with E-state index in [2.05, 4.69) is 0 Å². The van der Waals surface area contributed by atoms with Crippen molar-refractivity contribution < 1.29 is 43.6 Å². The number of anilines is 1. The molecule has 4 aliphatic rings. The fraction of sp³-hybridized carbons (Fsp3) is 0.500. The molecule has 3 aliphatic carbocycles. The number of halogens is 2. The second-order valence-electron chi connectivity index (χ2n) is 12.3. The molecule has 1 saturated heterocycles. The number of carbonyl (C=O) groups is 3. The van der Waals surface area contributed by atoms with Gasteiger partial charge in [0.25, 0.3) is 12.0 Å². The largest absolute Gasteiger partial charge is 0.508 e. The Morgan fingerprint density at radius 3 is 2.28 bits per heavy atom. The van der Waals surface area contributed by atoms with E-state index in [1.807, 2.05) is 4.90 Å². The van der Waals surface area contributed by atoms with Gasteiger partial charge in [-0.25, -0.2) is 0 Å². The first kappa shape index (κ1) is 30.6. The molecular weight excluding hydrogens is 566 g/mol. The Morgan fingerprint density at radius 2 is 1.74 bits per heavy atom. The van der Waals surface area contributed by atoms with Gasteiger partial charge < -0.3 is 31.1 Å². The van der Waals surface area contributed by atoms with E-state index in [0.29, 0.717) is 29.9 Å². The maximum atomic E-state index is 14.1. The number of carbonyl (C=O) groups excluding carboxylic acids is 3. The Morgan fingerprint density at radius 1 is 1.12 bits per heavy atom. The van der Waals surface area contributed by atoms with Crippen molar-refractivity contribution in [2.24, 2.45) is 17.6 Å². The molecule has 1 amide bonds. The van der Waals surface area contributed by atoms with Gasteiger partial charge in [0.05, 0.1) is 11.6 Å². The summed E-state index contributed by atoms with van der Waals surface area (Å²) < 4.78 is 26.1. The average Bonchev–Trinajstić information content (AvgIpc) is 2.92. The topological polar surface area (TPSA) is 168 Å². The normalized spacial score (nSPS) is 27.7. The molecule has 232 valence electrons. The third-order valence-corrected chi connectivity index (χ3v) is 9.38. The molecule has 5 rings (SSSR count). The number of ketones is 2. The number of amides is 1. The van der Waals surface area contributed by atoms with Crippen molar-refractivity contribution in [1.82, 2.24) is 9.80 Å². The minimum Gasteiger partial charge on any atom is -0.508 e. The number of likely N-dealkylation sites (tertiary alicyclic amines) is 1. The van der Waals surface area contributed by atoms with Gasteiger partial charge in [-0.1, -0.05) is 0 Å². The standard InChI is InChI=1S/C30H36F2N4O7/c1-34(2)18-11-15(12-36-7-5-13(6-8-36)28(31)32)23(37)20-16(18)9-14-10-17-22(35(3)4)25(39)21(29(33)42)27(41)30(17,43)26(40)19(14)24(20)38/h11,14,17,22,37-38,41,43H,5-10,12H2,1-4H3,(H2,33,42)/t14-,17-,22-,30-/m0/s1. The van der Waals surface area contributed by atoms with Crippen LogP contribution in [0.3, 0.4) is 0 Å². The lowest BCUT2D eigenvalue weighted by Gasteiger charge is -2.50. The number of Topliss-reactive ketones (excluding diaryl/α,β-unsaturated/α-hetero) is 2. The lowest BCUT2D eigenvalue weighted by molar-refractivity contribution is -0.153. The number of likely N-dealkylation sites (N-methyl/N-ethyl adjacent to an activating group) is 1. The number of fused-ring (bicyclic) bond motifs is 3. The molecule has 4 atom stereocenters. The maximum absolute atomic E-state index is 14.1. The van der Waals surface area contributed by atoms with E-state index in [9.17, 15) is 43.6 Å². The van der Waals surface area contributed by atoms with Crippen molar-refractivity contribution in [3.8, 4) is 5.75 Å². The van der Waals surface area contributed by atoms with E-state index in [1.165, 1.54) is 4.90 Å². The summed E-state index contributed by atoms with van der Waals surface area (Å²) in [6, 6.07) is 0.613. The number of aliphatic hydroxyl groups is 3. The molecule has 0 radical (unpaired) electrons. The summed E-state index contributed by atoms with van der Waals surface area (Å²) in [5, 5.41) is 45.9. The molecule has 11 nitrogen and oxygen atoms in total. The zero-order valence-corrected chi connectivity index (χ0v) is 24.4. The molecule has 0 spiro atoms. The number of aromatic hydroxyl groups is 1. The van der Waals surface area contributed by atoms with Crippen LogP contribution in [0.1, 0.15) is 36.0 Å². The molecule has 1 heterocycles. The predicted octanol–water partition coefficient (Wildman–Crippen LogP) is 1.78. The molecule has 1 aromatic carbocycles. The third-order valence-electron chi connectivity index (χ3n) is 9.38. The van der Waals surface area contributed by atoms with Crippen molar-refractivity contribution >= 4 is 28.9 Å². The van der Waals surface area contributed by atoms with E-state index in [1.54, 1.807) is 39.2 Å². The molecular formula is C30H36F2N4O7. The van der Waals surface area contributed by atoms with E-state index in [4.69, 9.17) is 5.73 Å². The first-order valence-corrected chi connectivity index (χ1v) is 14.1. The van der Waals surface area contributed by atoms with Crippen molar-refractivity contribution in [3.05, 3.63) is 51.3 Å². The van der Waals surface area contributed by atoms with Crippen LogP contribution >= 0.6 is 0 Å². The van der Waals surface area contributed by atoms with Crippen LogP contribution in [0, 0.1) is 11.8 Å². The summed E-state index contributed by atoms with van der Waals surface area (Å²) in [6.45, 7) is 0.898. The summed E-state index contributed by atoms with van der Waals surface area (Å²) in [6.07, 6.45) is -1.11. The number of hydrogen-bond acceptors (Lipinski definition) is 10. The molecule has 43 heavy (non-hydrogen) atoms. The van der Waals surface area contributed by atoms with E-state index in [-0.39, 0.29) is 54.7 Å². The Hall–Kier alpha value is -3.81. The van der Waals surface area contributed by atoms with Gasteiger partial charge in [0, 0.05) is 56.5 Å². The van der Waals surface area contributed by atoms with Crippen LogP contribution in [0.15, 0.2) is 34.6 Å². The minimum atomic E-state index is -2.72. The Labute approximate surface area is 247 Å². The van der Waals surface area contributed by atoms with Gasteiger partial charge in [-0.15, -0.1) is 0 Å². The Bertz CT molecular complexity index is 1520. The van der Waals surface area contributed by atoms with Crippen molar-refractivity contribution in [1.29, 1.82) is 0 Å². The number of nitrogens with two attached hydrogens (primary N) is 1. The number of rotatable bonds is 5. The summed E-state index contributed by atoms with van der Waals surface area (Å²) in [4.78, 5) is 44.7. The molecule has 13 heteroatoms. The lowest BCUT2D eigenvalue weighted by atomic mass is 9.57. The van der Waals surface area contributed by atoms with Crippen LogP contribution < -0.4 is 10.6 Å². The fourth-order valence-corrected chi connectivity index (χ4v) is 7.28. The number of piperidine rings is 1. The number of nitrogens with zero attached hydrogens (tertiary/aromatic N) is 3. The number of aliphatic hydroxyl groups excluding tert-OH is 2. The van der Waals surface area contributed by atoms with Crippen LogP contribution in [-0.4, -0.2) is 101 Å². The van der Waals surface area contributed by atoms with Crippen molar-refractivity contribution in [2.45, 2.75) is 43.9 Å². The zero-order chi connectivity index (χ0) is 31.7. The highest BCUT2D eigenvalue weighted by Crippen LogP contribution is 2.54. The Kier molecular flexibility index (Phi) is 7.64. The van der Waals surface area contributed by atoms with Gasteiger partial charge in [0.2, 0.25) is 5.78 Å². The fourth-order valence-electron chi connectivity index (χ4n) is 7.28. The number of benzene rings is 1. The highest BCUT2D eigenvalue weighted by Gasteiger charge is 2.64. The zero-order valence-electron chi connectivity index (χ0n) is 24.4. The quantitative estimate of drug-likeness (QED) is 0.314. The van der Waals surface area contributed by atoms with Crippen molar-refractivity contribution in [3.63, 3.8) is 0 Å². The number of hydrogen-bond donors (Lipinski definition) is 5. The average molecular weight is 603 g/mol. The lowest BCUT2D eigenvalue weighted by Crippen LogP contribution is -2.65. The van der Waals surface area contributed by atoms with E-state index >= 15 is 0 Å². The smallest absolute Gasteiger partial charge is 0.269 e. The SMILES string of the molecule is CN(C)c1cc(CN2CCC(=C(F)F)CC2)c(O)c2c1C[C@H]1C[C@H]3[C@H](N(C)C)C(=O)C(C(N)=O)=C(O)[C@@]3(O)C(=O)C1=C2O. The highest BCUT2D eigenvalue weighted by molar-refractivity contribution is 6.24. The molecule has 1 aromatic rings. The van der Waals surface area contributed by atoms with E-state index in [0.717, 1.165) is 0 Å². The van der Waals surface area contributed by atoms with Crippen LogP contribution in [-0.2, 0) is 27.3 Å². The van der Waals surface area contributed by atoms with Gasteiger partial charge in [0.15, 0.2) is 11.4 Å². The summed E-state index contributed by atoms with van der Waals surface area (Å²) in [5.41, 5.74) is 3.32. The molecule has 1 saturated carbocycles. The van der Waals surface area contributed by atoms with E-state index < -0.39 is 64.1 Å². The number of phenols is 1. The first-order chi connectivity index (χ1) is 20.1. The molecule has 0 unspecified atom stereocenters. The van der Waals surface area contributed by atoms with Crippen molar-refractivity contribution in [2.75, 3.05) is 46.2 Å². The molecule has 2 fully saturated rings. The van der Waals surface area contributed by atoms with Gasteiger partial charge in [-0.3, -0.25) is 24.2 Å². The summed E-state index contributed by atoms with van der Waals surface area (Å²) in [5.74, 6) is -7.02. The monoisotopic (exact) mass is 602 g/mol. The van der Waals surface area contributed by atoms with Crippen LogP contribution in [0.4, 0.5) is 14.5 Å². The van der Waals surface area contributed by atoms with Gasteiger partial charge in [-0.2, -0.15) is 8.78 Å². The molecule has 0 bridgehead atoms. The van der Waals surface area contributed by atoms with Crippen LogP contribution in [0.2, 0.25) is 0 Å². The molecule has 1 aliphatic heterocycles.